The molecule has 2 aliphatic heterocycles. The first-order chi connectivity index (χ1) is 17.9. The highest BCUT2D eigenvalue weighted by Gasteiger charge is 2.26. The van der Waals surface area contributed by atoms with Crippen LogP contribution in [0.25, 0.3) is 0 Å². The average Bonchev–Trinajstić information content (AvgIpc) is 2.78. The van der Waals surface area contributed by atoms with Gasteiger partial charge in [-0.1, -0.05) is 24.3 Å². The van der Waals surface area contributed by atoms with Crippen LogP contribution in [0.15, 0.2) is 48.5 Å². The number of ether oxygens (including phenoxy) is 2. The second-order valence-corrected chi connectivity index (χ2v) is 13.1. The lowest BCUT2D eigenvalue weighted by Gasteiger charge is -2.38. The highest BCUT2D eigenvalue weighted by Crippen LogP contribution is 2.22. The zero-order valence-corrected chi connectivity index (χ0v) is 25.1. The number of alkyl halides is 2. The Morgan fingerprint density at radius 2 is 1.05 bits per heavy atom. The largest absolute Gasteiger partial charge is 0.488 e. The maximum Gasteiger partial charge on any atom is 0.120 e. The van der Waals surface area contributed by atoms with Crippen molar-refractivity contribution in [3.8, 4) is 11.5 Å². The fourth-order valence-electron chi connectivity index (χ4n) is 4.64. The van der Waals surface area contributed by atoms with Gasteiger partial charge in [-0.25, -0.2) is 0 Å². The summed E-state index contributed by atoms with van der Waals surface area (Å²) in [6.07, 6.45) is 2.12. The van der Waals surface area contributed by atoms with Crippen molar-refractivity contribution in [3.63, 3.8) is 0 Å². The SMILES string of the molecule is CC(C)(C)Oc1ccc(CCN2CC(CCl)C2)cc1.CC(C)(C)Oc1ccc(CCN2CC(CF)C2)cc1. The molecule has 38 heavy (non-hydrogen) atoms. The molecule has 0 radical (unpaired) electrons. The van der Waals surface area contributed by atoms with E-state index in [4.69, 9.17) is 21.1 Å². The maximum absolute atomic E-state index is 12.3. The van der Waals surface area contributed by atoms with E-state index >= 15 is 0 Å². The monoisotopic (exact) mass is 546 g/mol. The molecule has 0 spiro atoms. The van der Waals surface area contributed by atoms with Crippen LogP contribution in [0.4, 0.5) is 4.39 Å². The topological polar surface area (TPSA) is 24.9 Å². The van der Waals surface area contributed by atoms with Crippen molar-refractivity contribution in [3.05, 3.63) is 59.7 Å². The molecule has 0 aromatic heterocycles. The summed E-state index contributed by atoms with van der Waals surface area (Å²) in [6.45, 7) is 18.5. The first kappa shape index (κ1) is 30.7. The highest BCUT2D eigenvalue weighted by atomic mass is 35.5. The molecular formula is C32H48ClFN2O2. The van der Waals surface area contributed by atoms with E-state index in [1.807, 2.05) is 32.9 Å². The predicted octanol–water partition coefficient (Wildman–Crippen LogP) is 6.88. The molecule has 0 unspecified atom stereocenters. The predicted molar refractivity (Wildman–Crippen MR) is 158 cm³/mol. The van der Waals surface area contributed by atoms with Crippen LogP contribution in [0.2, 0.25) is 0 Å². The molecule has 4 nitrogen and oxygen atoms in total. The van der Waals surface area contributed by atoms with Crippen LogP contribution in [-0.2, 0) is 12.8 Å². The van der Waals surface area contributed by atoms with Gasteiger partial charge in [-0.15, -0.1) is 11.6 Å². The molecule has 6 heteroatoms. The Labute approximate surface area is 235 Å². The third-order valence-corrected chi connectivity index (χ3v) is 7.07. The van der Waals surface area contributed by atoms with Crippen molar-refractivity contribution in [1.29, 1.82) is 0 Å². The molecule has 2 saturated heterocycles. The van der Waals surface area contributed by atoms with E-state index in [0.717, 1.165) is 69.5 Å². The molecular weight excluding hydrogens is 499 g/mol. The van der Waals surface area contributed by atoms with E-state index in [0.29, 0.717) is 5.92 Å². The summed E-state index contributed by atoms with van der Waals surface area (Å²) in [7, 11) is 0. The minimum absolute atomic E-state index is 0.129. The molecule has 0 aliphatic carbocycles. The minimum Gasteiger partial charge on any atom is -0.488 e. The summed E-state index contributed by atoms with van der Waals surface area (Å²) >= 11 is 5.82. The quantitative estimate of drug-likeness (QED) is 0.303. The van der Waals surface area contributed by atoms with Crippen molar-refractivity contribution in [2.45, 2.75) is 65.6 Å². The zero-order chi connectivity index (χ0) is 27.8. The van der Waals surface area contributed by atoms with Gasteiger partial charge in [0.15, 0.2) is 0 Å². The lowest BCUT2D eigenvalue weighted by molar-refractivity contribution is 0.0824. The Bertz CT molecular complexity index is 862. The van der Waals surface area contributed by atoms with E-state index in [1.54, 1.807) is 0 Å². The summed E-state index contributed by atoms with van der Waals surface area (Å²) in [4.78, 5) is 4.77. The average molecular weight is 547 g/mol. The lowest BCUT2D eigenvalue weighted by atomic mass is 10.0. The van der Waals surface area contributed by atoms with Crippen LogP contribution in [0.5, 0.6) is 11.5 Å². The van der Waals surface area contributed by atoms with Crippen molar-refractivity contribution in [2.75, 3.05) is 51.8 Å². The van der Waals surface area contributed by atoms with E-state index < -0.39 is 0 Å². The maximum atomic E-state index is 12.3. The van der Waals surface area contributed by atoms with Gasteiger partial charge in [0, 0.05) is 51.1 Å². The molecule has 4 rings (SSSR count). The Kier molecular flexibility index (Phi) is 11.3. The van der Waals surface area contributed by atoms with Crippen LogP contribution in [0.3, 0.4) is 0 Å². The van der Waals surface area contributed by atoms with Gasteiger partial charge in [0.05, 0.1) is 6.67 Å². The number of hydrogen-bond acceptors (Lipinski definition) is 4. The standard InChI is InChI=1S/C16H24ClNO.C16H24FNO/c2*1-16(2,3)19-15-6-4-13(5-7-15)8-9-18-11-14(10-17)12-18/h2*4-7,14H,8-12H2,1-3H3. The van der Waals surface area contributed by atoms with Gasteiger partial charge in [0.25, 0.3) is 0 Å². The first-order valence-electron chi connectivity index (χ1n) is 14.0. The number of benzene rings is 2. The van der Waals surface area contributed by atoms with Gasteiger partial charge in [0.1, 0.15) is 22.7 Å². The van der Waals surface area contributed by atoms with Gasteiger partial charge >= 0.3 is 0 Å². The van der Waals surface area contributed by atoms with Crippen molar-refractivity contribution < 1.29 is 13.9 Å². The lowest BCUT2D eigenvalue weighted by Crippen LogP contribution is -2.48. The summed E-state index contributed by atoms with van der Waals surface area (Å²) < 4.78 is 23.9. The Hall–Kier alpha value is -1.82. The molecule has 2 aromatic rings. The minimum atomic E-state index is -0.171. The second kappa shape index (κ2) is 14.0. The third kappa shape index (κ3) is 11.1. The molecule has 2 aliphatic rings. The second-order valence-electron chi connectivity index (χ2n) is 12.8. The number of rotatable bonds is 10. The van der Waals surface area contributed by atoms with Crippen LogP contribution in [0, 0.1) is 11.8 Å². The zero-order valence-electron chi connectivity index (χ0n) is 24.3. The summed E-state index contributed by atoms with van der Waals surface area (Å²) in [5.41, 5.74) is 2.40. The van der Waals surface area contributed by atoms with E-state index in [9.17, 15) is 4.39 Å². The number of halogens is 2. The molecule has 2 fully saturated rings. The van der Waals surface area contributed by atoms with Crippen LogP contribution in [-0.4, -0.2) is 72.8 Å². The van der Waals surface area contributed by atoms with Gasteiger partial charge in [-0.05, 0) is 95.7 Å². The molecule has 212 valence electrons. The van der Waals surface area contributed by atoms with Crippen molar-refractivity contribution in [2.24, 2.45) is 11.8 Å². The smallest absolute Gasteiger partial charge is 0.120 e. The molecule has 2 heterocycles. The summed E-state index contributed by atoms with van der Waals surface area (Å²) in [6, 6.07) is 16.8. The Morgan fingerprint density at radius 3 is 1.37 bits per heavy atom. The fraction of sp³-hybridized carbons (Fsp3) is 0.625. The molecule has 0 saturated carbocycles. The molecule has 0 atom stereocenters. The van der Waals surface area contributed by atoms with Gasteiger partial charge in [-0.2, -0.15) is 0 Å². The normalized spacial score (nSPS) is 17.3. The van der Waals surface area contributed by atoms with E-state index in [2.05, 4.69) is 67.0 Å². The van der Waals surface area contributed by atoms with Crippen LogP contribution >= 0.6 is 11.6 Å². The fourth-order valence-corrected chi connectivity index (χ4v) is 4.84. The van der Waals surface area contributed by atoms with E-state index in [1.165, 1.54) is 11.1 Å². The van der Waals surface area contributed by atoms with Gasteiger partial charge < -0.3 is 19.3 Å². The molecule has 0 N–H and O–H groups in total. The molecule has 2 aromatic carbocycles. The molecule has 0 bridgehead atoms. The van der Waals surface area contributed by atoms with Crippen LogP contribution in [0.1, 0.15) is 52.7 Å². The summed E-state index contributed by atoms with van der Waals surface area (Å²) in [5.74, 6) is 3.65. The highest BCUT2D eigenvalue weighted by molar-refractivity contribution is 6.18. The summed E-state index contributed by atoms with van der Waals surface area (Å²) in [5, 5.41) is 0. The third-order valence-electron chi connectivity index (χ3n) is 6.63. The number of hydrogen-bond donors (Lipinski definition) is 0. The Morgan fingerprint density at radius 1 is 0.684 bits per heavy atom. The first-order valence-corrected chi connectivity index (χ1v) is 14.6. The van der Waals surface area contributed by atoms with Gasteiger partial charge in [0.2, 0.25) is 0 Å². The van der Waals surface area contributed by atoms with E-state index in [-0.39, 0.29) is 23.8 Å². The molecule has 0 amide bonds. The number of nitrogens with zero attached hydrogens (tertiary/aromatic N) is 2. The van der Waals surface area contributed by atoms with Gasteiger partial charge in [-0.3, -0.25) is 4.39 Å². The van der Waals surface area contributed by atoms with Crippen molar-refractivity contribution >= 4 is 11.6 Å². The number of likely N-dealkylation sites (tertiary alicyclic amines) is 2. The van der Waals surface area contributed by atoms with Crippen LogP contribution < -0.4 is 9.47 Å². The van der Waals surface area contributed by atoms with Crippen molar-refractivity contribution in [1.82, 2.24) is 9.80 Å². The Balaban J connectivity index is 0.000000211.